The summed E-state index contributed by atoms with van der Waals surface area (Å²) < 4.78 is 7.96. The van der Waals surface area contributed by atoms with E-state index in [0.29, 0.717) is 28.8 Å². The van der Waals surface area contributed by atoms with Crippen molar-refractivity contribution in [3.8, 4) is 5.75 Å². The van der Waals surface area contributed by atoms with Gasteiger partial charge < -0.3 is 14.6 Å². The Balaban J connectivity index is 1.60. The molecule has 0 aliphatic carbocycles. The maximum absolute atomic E-state index is 12.3. The van der Waals surface area contributed by atoms with E-state index in [1.807, 2.05) is 49.6 Å². The van der Waals surface area contributed by atoms with Crippen molar-refractivity contribution >= 4 is 29.1 Å². The third-order valence-electron chi connectivity index (χ3n) is 4.67. The molecular formula is C23H26N4O3S. The van der Waals surface area contributed by atoms with E-state index in [2.05, 4.69) is 15.5 Å². The second kappa shape index (κ2) is 10.3. The van der Waals surface area contributed by atoms with Crippen molar-refractivity contribution in [1.29, 1.82) is 0 Å². The number of amides is 1. The van der Waals surface area contributed by atoms with Crippen LogP contribution in [0.1, 0.15) is 48.6 Å². The largest absolute Gasteiger partial charge is 0.483 e. The Morgan fingerprint density at radius 3 is 2.39 bits per heavy atom. The van der Waals surface area contributed by atoms with Gasteiger partial charge in [0.2, 0.25) is 5.91 Å². The molecule has 3 aromatic rings. The van der Waals surface area contributed by atoms with E-state index in [-0.39, 0.29) is 23.5 Å². The van der Waals surface area contributed by atoms with Gasteiger partial charge in [-0.25, -0.2) is 0 Å². The zero-order chi connectivity index (χ0) is 22.4. The van der Waals surface area contributed by atoms with Crippen LogP contribution in [0.4, 0.5) is 5.69 Å². The molecule has 0 aliphatic heterocycles. The molecule has 0 bridgehead atoms. The SMILES string of the molecule is CCn1c(SCC(=O)Nc2ccc(C(C)=O)cc2)nnc1C(C)Oc1ccc(C)cc1. The Morgan fingerprint density at radius 2 is 1.77 bits per heavy atom. The number of nitrogens with one attached hydrogen (secondary N) is 1. The third kappa shape index (κ3) is 5.95. The molecule has 1 amide bonds. The number of hydrogen-bond acceptors (Lipinski definition) is 6. The molecule has 0 saturated heterocycles. The van der Waals surface area contributed by atoms with Crippen LogP contribution in [0.3, 0.4) is 0 Å². The molecule has 0 saturated carbocycles. The Bertz CT molecular complexity index is 1050. The Hall–Kier alpha value is -3.13. The molecule has 162 valence electrons. The summed E-state index contributed by atoms with van der Waals surface area (Å²) in [6, 6.07) is 14.7. The third-order valence-corrected chi connectivity index (χ3v) is 5.63. The molecule has 31 heavy (non-hydrogen) atoms. The second-order valence-corrected chi connectivity index (χ2v) is 8.07. The van der Waals surface area contributed by atoms with E-state index in [0.717, 1.165) is 5.75 Å². The summed E-state index contributed by atoms with van der Waals surface area (Å²) in [5.41, 5.74) is 2.43. The molecule has 1 unspecified atom stereocenters. The predicted octanol–water partition coefficient (Wildman–Crippen LogP) is 4.68. The molecule has 0 radical (unpaired) electrons. The summed E-state index contributed by atoms with van der Waals surface area (Å²) in [4.78, 5) is 23.7. The van der Waals surface area contributed by atoms with E-state index in [1.165, 1.54) is 24.2 Å². The van der Waals surface area contributed by atoms with E-state index in [4.69, 9.17) is 4.74 Å². The van der Waals surface area contributed by atoms with E-state index in [1.54, 1.807) is 24.3 Å². The first-order chi connectivity index (χ1) is 14.9. The molecule has 2 aromatic carbocycles. The first kappa shape index (κ1) is 22.6. The lowest BCUT2D eigenvalue weighted by Gasteiger charge is -2.15. The van der Waals surface area contributed by atoms with Gasteiger partial charge in [-0.1, -0.05) is 29.5 Å². The number of ether oxygens (including phenoxy) is 1. The van der Waals surface area contributed by atoms with Crippen molar-refractivity contribution in [2.24, 2.45) is 0 Å². The van der Waals surface area contributed by atoms with Crippen molar-refractivity contribution in [3.63, 3.8) is 0 Å². The molecule has 8 heteroatoms. The fourth-order valence-corrected chi connectivity index (χ4v) is 3.80. The lowest BCUT2D eigenvalue weighted by molar-refractivity contribution is -0.113. The number of carbonyl (C=O) groups excluding carboxylic acids is 2. The van der Waals surface area contributed by atoms with Gasteiger partial charge in [-0.05, 0) is 64.1 Å². The normalized spacial score (nSPS) is 11.7. The van der Waals surface area contributed by atoms with Gasteiger partial charge in [0, 0.05) is 17.8 Å². The quantitative estimate of drug-likeness (QED) is 0.386. The van der Waals surface area contributed by atoms with Gasteiger partial charge in [0.1, 0.15) is 5.75 Å². The van der Waals surface area contributed by atoms with Gasteiger partial charge in [-0.3, -0.25) is 9.59 Å². The van der Waals surface area contributed by atoms with Crippen molar-refractivity contribution < 1.29 is 14.3 Å². The summed E-state index contributed by atoms with van der Waals surface area (Å²) >= 11 is 1.32. The van der Waals surface area contributed by atoms with E-state index in [9.17, 15) is 9.59 Å². The number of thioether (sulfide) groups is 1. The molecule has 3 rings (SSSR count). The number of aromatic nitrogens is 3. The van der Waals surface area contributed by atoms with Gasteiger partial charge in [0.05, 0.1) is 5.75 Å². The minimum atomic E-state index is -0.280. The molecule has 0 fully saturated rings. The monoisotopic (exact) mass is 438 g/mol. The highest BCUT2D eigenvalue weighted by molar-refractivity contribution is 7.99. The summed E-state index contributed by atoms with van der Waals surface area (Å²) in [6.45, 7) is 8.14. The average molecular weight is 439 g/mol. The van der Waals surface area contributed by atoms with Crippen molar-refractivity contribution in [2.75, 3.05) is 11.1 Å². The van der Waals surface area contributed by atoms with Crippen molar-refractivity contribution in [1.82, 2.24) is 14.8 Å². The average Bonchev–Trinajstić information content (AvgIpc) is 3.17. The maximum atomic E-state index is 12.3. The fraction of sp³-hybridized carbons (Fsp3) is 0.304. The number of Topliss-reactive ketones (excluding diaryl/α,β-unsaturated/α-hetero) is 1. The van der Waals surface area contributed by atoms with Crippen molar-refractivity contribution in [2.45, 2.75) is 45.5 Å². The highest BCUT2D eigenvalue weighted by Crippen LogP contribution is 2.25. The minimum absolute atomic E-state index is 0.0104. The van der Waals surface area contributed by atoms with Gasteiger partial charge in [-0.2, -0.15) is 0 Å². The molecule has 1 atom stereocenters. The second-order valence-electron chi connectivity index (χ2n) is 7.13. The number of ketones is 1. The minimum Gasteiger partial charge on any atom is -0.483 e. The number of hydrogen-bond donors (Lipinski definition) is 1. The van der Waals surface area contributed by atoms with Crippen molar-refractivity contribution in [3.05, 3.63) is 65.5 Å². The molecular weight excluding hydrogens is 412 g/mol. The standard InChI is InChI=1S/C23H26N4O3S/c1-5-27-22(17(4)30-20-12-6-15(2)7-13-20)25-26-23(27)31-14-21(29)24-19-10-8-18(9-11-19)16(3)28/h6-13,17H,5,14H2,1-4H3,(H,24,29). The lowest BCUT2D eigenvalue weighted by atomic mass is 10.1. The summed E-state index contributed by atoms with van der Waals surface area (Å²) in [5.74, 6) is 1.51. The lowest BCUT2D eigenvalue weighted by Crippen LogP contribution is -2.15. The van der Waals surface area contributed by atoms with Gasteiger partial charge in [-0.15, -0.1) is 10.2 Å². The molecule has 1 N–H and O–H groups in total. The van der Waals surface area contributed by atoms with Crippen LogP contribution in [0, 0.1) is 6.92 Å². The number of nitrogens with zero attached hydrogens (tertiary/aromatic N) is 3. The Morgan fingerprint density at radius 1 is 1.10 bits per heavy atom. The highest BCUT2D eigenvalue weighted by atomic mass is 32.2. The number of aryl methyl sites for hydroxylation is 1. The molecule has 7 nitrogen and oxygen atoms in total. The van der Waals surface area contributed by atoms with E-state index >= 15 is 0 Å². The van der Waals surface area contributed by atoms with Crippen LogP contribution < -0.4 is 10.1 Å². The van der Waals surface area contributed by atoms with Crippen LogP contribution in [0.15, 0.2) is 53.7 Å². The van der Waals surface area contributed by atoms with Crippen LogP contribution in [-0.2, 0) is 11.3 Å². The number of benzene rings is 2. The fourth-order valence-electron chi connectivity index (χ4n) is 2.99. The van der Waals surface area contributed by atoms with E-state index < -0.39 is 0 Å². The first-order valence-electron chi connectivity index (χ1n) is 10.1. The summed E-state index contributed by atoms with van der Waals surface area (Å²) in [6.07, 6.45) is -0.280. The summed E-state index contributed by atoms with van der Waals surface area (Å²) in [5, 5.41) is 12.0. The Kier molecular flexibility index (Phi) is 7.46. The van der Waals surface area contributed by atoms with Gasteiger partial charge in [0.25, 0.3) is 0 Å². The van der Waals surface area contributed by atoms with Crippen LogP contribution in [0.25, 0.3) is 0 Å². The smallest absolute Gasteiger partial charge is 0.234 e. The molecule has 0 aliphatic rings. The molecule has 1 aromatic heterocycles. The first-order valence-corrected chi connectivity index (χ1v) is 11.1. The predicted molar refractivity (Wildman–Crippen MR) is 122 cm³/mol. The zero-order valence-corrected chi connectivity index (χ0v) is 18.9. The van der Waals surface area contributed by atoms with Crippen LogP contribution in [-0.4, -0.2) is 32.2 Å². The van der Waals surface area contributed by atoms with Crippen LogP contribution in [0.2, 0.25) is 0 Å². The zero-order valence-electron chi connectivity index (χ0n) is 18.1. The van der Waals surface area contributed by atoms with Crippen LogP contribution in [0.5, 0.6) is 5.75 Å². The topological polar surface area (TPSA) is 86.1 Å². The van der Waals surface area contributed by atoms with Gasteiger partial charge in [0.15, 0.2) is 22.9 Å². The summed E-state index contributed by atoms with van der Waals surface area (Å²) in [7, 11) is 0. The van der Waals surface area contributed by atoms with Crippen LogP contribution >= 0.6 is 11.8 Å². The van der Waals surface area contributed by atoms with Gasteiger partial charge >= 0.3 is 0 Å². The number of rotatable bonds is 9. The Labute approximate surface area is 186 Å². The number of anilines is 1. The molecule has 0 spiro atoms. The number of carbonyl (C=O) groups is 2. The molecule has 1 heterocycles. The maximum Gasteiger partial charge on any atom is 0.234 e. The highest BCUT2D eigenvalue weighted by Gasteiger charge is 2.19.